The van der Waals surface area contributed by atoms with Gasteiger partial charge < -0.3 is 9.80 Å². The standard InChI is InChI=1S/C45H38N2/c1-45(2)41-28-13-12-27-40(41)44-42(45)29-16-30-43(44)47(37-23-10-5-11-24-37)39-26-15-18-34(32-39)33-17-14-25-38(31-33)46(35-19-6-3-7-20-35)36-21-8-4-9-22-36/h3-14,16-17,19-32H,15,18H2,1-2H3. The van der Waals surface area contributed by atoms with Gasteiger partial charge in [-0.3, -0.25) is 0 Å². The predicted molar refractivity (Wildman–Crippen MR) is 199 cm³/mol. The van der Waals surface area contributed by atoms with Crippen LogP contribution in [0.25, 0.3) is 16.7 Å². The summed E-state index contributed by atoms with van der Waals surface area (Å²) in [5, 5.41) is 0. The molecule has 0 saturated carbocycles. The van der Waals surface area contributed by atoms with E-state index in [4.69, 9.17) is 0 Å². The molecule has 6 aromatic carbocycles. The van der Waals surface area contributed by atoms with Crippen molar-refractivity contribution in [2.24, 2.45) is 0 Å². The van der Waals surface area contributed by atoms with Crippen LogP contribution in [0.5, 0.6) is 0 Å². The second-order valence-corrected chi connectivity index (χ2v) is 12.9. The van der Waals surface area contributed by atoms with Crippen LogP contribution in [0.1, 0.15) is 43.4 Å². The molecule has 2 aliphatic rings. The normalized spacial score (nSPS) is 14.4. The van der Waals surface area contributed by atoms with E-state index in [1.54, 1.807) is 0 Å². The third-order valence-corrected chi connectivity index (χ3v) is 9.69. The molecule has 0 atom stereocenters. The van der Waals surface area contributed by atoms with E-state index in [1.807, 2.05) is 0 Å². The van der Waals surface area contributed by atoms with E-state index in [0.29, 0.717) is 0 Å². The van der Waals surface area contributed by atoms with Crippen LogP contribution in [0.2, 0.25) is 0 Å². The molecule has 228 valence electrons. The van der Waals surface area contributed by atoms with Crippen molar-refractivity contribution in [2.45, 2.75) is 32.1 Å². The Balaban J connectivity index is 1.24. The number of rotatable bonds is 7. The maximum absolute atomic E-state index is 2.47. The highest BCUT2D eigenvalue weighted by molar-refractivity contribution is 5.94. The SMILES string of the molecule is CC1(C)c2ccccc2-c2c(N(C3=CCCC(c4cccc(N(c5ccccc5)c5ccccc5)c4)=C3)c3ccccc3)cccc21. The highest BCUT2D eigenvalue weighted by Crippen LogP contribution is 2.53. The molecule has 47 heavy (non-hydrogen) atoms. The molecule has 0 aromatic heterocycles. The lowest BCUT2D eigenvalue weighted by molar-refractivity contribution is 0.660. The Morgan fingerprint density at radius 3 is 1.74 bits per heavy atom. The Morgan fingerprint density at radius 2 is 1.06 bits per heavy atom. The third-order valence-electron chi connectivity index (χ3n) is 9.69. The van der Waals surface area contributed by atoms with Crippen molar-refractivity contribution in [1.82, 2.24) is 0 Å². The van der Waals surface area contributed by atoms with E-state index in [2.05, 4.69) is 194 Å². The number of fused-ring (bicyclic) bond motifs is 3. The zero-order valence-electron chi connectivity index (χ0n) is 27.0. The minimum Gasteiger partial charge on any atom is -0.310 e. The van der Waals surface area contributed by atoms with Crippen LogP contribution in [0.15, 0.2) is 176 Å². The van der Waals surface area contributed by atoms with Crippen LogP contribution in [-0.2, 0) is 5.41 Å². The van der Waals surface area contributed by atoms with E-state index in [-0.39, 0.29) is 5.41 Å². The Morgan fingerprint density at radius 1 is 0.511 bits per heavy atom. The van der Waals surface area contributed by atoms with Crippen LogP contribution < -0.4 is 9.80 Å². The average molecular weight is 607 g/mol. The van der Waals surface area contributed by atoms with Gasteiger partial charge in [0.1, 0.15) is 0 Å². The van der Waals surface area contributed by atoms with Crippen molar-refractivity contribution in [2.75, 3.05) is 9.80 Å². The average Bonchev–Trinajstić information content (AvgIpc) is 3.37. The third kappa shape index (κ3) is 5.16. The lowest BCUT2D eigenvalue weighted by atomic mass is 9.82. The fourth-order valence-electron chi connectivity index (χ4n) is 7.44. The quantitative estimate of drug-likeness (QED) is 0.178. The van der Waals surface area contributed by atoms with Crippen LogP contribution >= 0.6 is 0 Å². The number of hydrogen-bond donors (Lipinski definition) is 0. The van der Waals surface area contributed by atoms with Crippen LogP contribution in [0.3, 0.4) is 0 Å². The molecular formula is C45H38N2. The molecule has 0 fully saturated rings. The first kappa shape index (κ1) is 28.8. The van der Waals surface area contributed by atoms with Crippen molar-refractivity contribution in [3.8, 4) is 11.1 Å². The van der Waals surface area contributed by atoms with Gasteiger partial charge in [0.25, 0.3) is 0 Å². The van der Waals surface area contributed by atoms with Crippen molar-refractivity contribution in [3.05, 3.63) is 192 Å². The lowest BCUT2D eigenvalue weighted by Gasteiger charge is -2.31. The van der Waals surface area contributed by atoms with Crippen molar-refractivity contribution >= 4 is 34.0 Å². The minimum absolute atomic E-state index is 0.0595. The Bertz CT molecular complexity index is 2070. The number of anilines is 5. The summed E-state index contributed by atoms with van der Waals surface area (Å²) in [6, 6.07) is 56.9. The highest BCUT2D eigenvalue weighted by Gasteiger charge is 2.37. The minimum atomic E-state index is -0.0595. The summed E-state index contributed by atoms with van der Waals surface area (Å²) in [7, 11) is 0. The van der Waals surface area contributed by atoms with Gasteiger partial charge in [-0.2, -0.15) is 0 Å². The summed E-state index contributed by atoms with van der Waals surface area (Å²) >= 11 is 0. The molecule has 0 heterocycles. The van der Waals surface area contributed by atoms with Gasteiger partial charge in [0.15, 0.2) is 0 Å². The van der Waals surface area contributed by atoms with Gasteiger partial charge in [-0.05, 0) is 101 Å². The Kier molecular flexibility index (Phi) is 7.34. The zero-order chi connectivity index (χ0) is 31.8. The summed E-state index contributed by atoms with van der Waals surface area (Å²) in [4.78, 5) is 4.81. The number of allylic oxidation sites excluding steroid dienone is 3. The molecule has 6 aromatic rings. The summed E-state index contributed by atoms with van der Waals surface area (Å²) in [5.74, 6) is 0. The van der Waals surface area contributed by atoms with Gasteiger partial charge >= 0.3 is 0 Å². The highest BCUT2D eigenvalue weighted by atomic mass is 15.2. The molecule has 0 amide bonds. The number of benzene rings is 6. The van der Waals surface area contributed by atoms with Gasteiger partial charge in [0.05, 0.1) is 5.69 Å². The molecule has 8 rings (SSSR count). The summed E-state index contributed by atoms with van der Waals surface area (Å²) < 4.78 is 0. The molecule has 0 unspecified atom stereocenters. The number of nitrogens with zero attached hydrogens (tertiary/aromatic N) is 2. The van der Waals surface area contributed by atoms with E-state index in [1.165, 1.54) is 50.5 Å². The first-order valence-corrected chi connectivity index (χ1v) is 16.6. The van der Waals surface area contributed by atoms with Crippen molar-refractivity contribution in [3.63, 3.8) is 0 Å². The van der Waals surface area contributed by atoms with E-state index in [0.717, 1.165) is 29.9 Å². The maximum atomic E-state index is 2.47. The molecule has 0 spiro atoms. The molecule has 0 radical (unpaired) electrons. The van der Waals surface area contributed by atoms with Crippen molar-refractivity contribution < 1.29 is 0 Å². The second kappa shape index (κ2) is 12.0. The van der Waals surface area contributed by atoms with E-state index in [9.17, 15) is 0 Å². The Hall–Kier alpha value is -5.60. The van der Waals surface area contributed by atoms with Gasteiger partial charge in [0.2, 0.25) is 0 Å². The molecule has 2 aliphatic carbocycles. The second-order valence-electron chi connectivity index (χ2n) is 12.9. The van der Waals surface area contributed by atoms with Gasteiger partial charge in [0, 0.05) is 39.4 Å². The molecule has 0 N–H and O–H groups in total. The lowest BCUT2D eigenvalue weighted by Crippen LogP contribution is -2.19. The molecule has 0 bridgehead atoms. The van der Waals surface area contributed by atoms with Crippen LogP contribution in [0.4, 0.5) is 28.4 Å². The summed E-state index contributed by atoms with van der Waals surface area (Å²) in [6.45, 7) is 4.71. The van der Waals surface area contributed by atoms with Gasteiger partial charge in [-0.1, -0.05) is 123 Å². The Labute approximate surface area is 278 Å². The van der Waals surface area contributed by atoms with E-state index >= 15 is 0 Å². The molecule has 2 heteroatoms. The summed E-state index contributed by atoms with van der Waals surface area (Å²) in [6.07, 6.45) is 6.80. The monoisotopic (exact) mass is 606 g/mol. The molecule has 0 saturated heterocycles. The molecular weight excluding hydrogens is 569 g/mol. The fourth-order valence-corrected chi connectivity index (χ4v) is 7.44. The zero-order valence-corrected chi connectivity index (χ0v) is 27.0. The molecule has 2 nitrogen and oxygen atoms in total. The fraction of sp³-hybridized carbons (Fsp3) is 0.111. The topological polar surface area (TPSA) is 6.48 Å². The summed E-state index contributed by atoms with van der Waals surface area (Å²) in [5.41, 5.74) is 15.0. The smallest absolute Gasteiger partial charge is 0.0543 e. The first-order chi connectivity index (χ1) is 23.1. The largest absolute Gasteiger partial charge is 0.310 e. The number of hydrogen-bond acceptors (Lipinski definition) is 2. The first-order valence-electron chi connectivity index (χ1n) is 16.6. The number of para-hydroxylation sites is 3. The van der Waals surface area contributed by atoms with Gasteiger partial charge in [-0.25, -0.2) is 0 Å². The molecule has 0 aliphatic heterocycles. The van der Waals surface area contributed by atoms with Crippen LogP contribution in [-0.4, -0.2) is 0 Å². The maximum Gasteiger partial charge on any atom is 0.0543 e. The van der Waals surface area contributed by atoms with Crippen molar-refractivity contribution in [1.29, 1.82) is 0 Å². The van der Waals surface area contributed by atoms with E-state index < -0.39 is 0 Å². The predicted octanol–water partition coefficient (Wildman–Crippen LogP) is 12.4. The van der Waals surface area contributed by atoms with Crippen LogP contribution in [0, 0.1) is 0 Å². The van der Waals surface area contributed by atoms with Gasteiger partial charge in [-0.15, -0.1) is 0 Å².